The van der Waals surface area contributed by atoms with Crippen molar-refractivity contribution in [3.05, 3.63) is 24.3 Å². The average Bonchev–Trinajstić information content (AvgIpc) is 1.77. The van der Waals surface area contributed by atoms with Gasteiger partial charge in [-0.2, -0.15) is 0 Å². The fourth-order valence-corrected chi connectivity index (χ4v) is 0.587. The van der Waals surface area contributed by atoms with Crippen LogP contribution in [0, 0.1) is 0 Å². The molecule has 8 heavy (non-hydrogen) atoms. The van der Waals surface area contributed by atoms with Gasteiger partial charge in [-0.15, -0.1) is 0 Å². The van der Waals surface area contributed by atoms with E-state index < -0.39 is 0 Å². The molecule has 0 fully saturated rings. The van der Waals surface area contributed by atoms with E-state index >= 15 is 0 Å². The largest absolute Gasteiger partial charge is 0.399 e. The summed E-state index contributed by atoms with van der Waals surface area (Å²) in [5, 5.41) is 0. The zero-order valence-electron chi connectivity index (χ0n) is 4.89. The maximum atomic E-state index is 5.52. The number of nitrogen functional groups attached to an aromatic ring is 1. The smallest absolute Gasteiger partial charge is 0.142 e. The van der Waals surface area contributed by atoms with Gasteiger partial charge < -0.3 is 5.73 Å². The van der Waals surface area contributed by atoms with Crippen molar-refractivity contribution < 1.29 is 0 Å². The Morgan fingerprint density at radius 3 is 2.25 bits per heavy atom. The van der Waals surface area contributed by atoms with E-state index in [4.69, 9.17) is 5.73 Å². The van der Waals surface area contributed by atoms with Crippen LogP contribution in [0.5, 0.6) is 0 Å². The summed E-state index contributed by atoms with van der Waals surface area (Å²) in [6, 6.07) is 7.80. The van der Waals surface area contributed by atoms with E-state index in [-0.39, 0.29) is 0 Å². The molecule has 2 heteroatoms. The molecular formula is C6H8BN. The molecule has 0 aliphatic heterocycles. The number of benzene rings is 1. The Kier molecular flexibility index (Phi) is 1.25. The summed E-state index contributed by atoms with van der Waals surface area (Å²) in [7, 11) is 2.00. The van der Waals surface area contributed by atoms with Crippen molar-refractivity contribution in [1.82, 2.24) is 0 Å². The lowest BCUT2D eigenvalue weighted by atomic mass is 9.95. The minimum absolute atomic E-state index is 0.868. The normalized spacial score (nSPS) is 9.00. The van der Waals surface area contributed by atoms with Crippen LogP contribution in [0.3, 0.4) is 0 Å². The summed E-state index contributed by atoms with van der Waals surface area (Å²) >= 11 is 0. The molecule has 0 aromatic heterocycles. The van der Waals surface area contributed by atoms with Crippen LogP contribution in [0.25, 0.3) is 0 Å². The van der Waals surface area contributed by atoms with Gasteiger partial charge in [-0.3, -0.25) is 0 Å². The maximum absolute atomic E-state index is 5.52. The van der Waals surface area contributed by atoms with Gasteiger partial charge in [0.1, 0.15) is 7.85 Å². The molecule has 0 heterocycles. The van der Waals surface area contributed by atoms with Crippen LogP contribution in [-0.2, 0) is 0 Å². The summed E-state index contributed by atoms with van der Waals surface area (Å²) in [4.78, 5) is 0. The van der Waals surface area contributed by atoms with E-state index in [0.29, 0.717) is 0 Å². The zero-order valence-corrected chi connectivity index (χ0v) is 4.89. The first-order valence-electron chi connectivity index (χ1n) is 2.62. The number of anilines is 1. The van der Waals surface area contributed by atoms with Gasteiger partial charge in [0.25, 0.3) is 0 Å². The second-order valence-corrected chi connectivity index (χ2v) is 1.86. The molecule has 1 aromatic rings. The minimum atomic E-state index is 0.868. The van der Waals surface area contributed by atoms with Crippen molar-refractivity contribution in [3.63, 3.8) is 0 Å². The number of hydrogen-bond donors (Lipinski definition) is 1. The minimum Gasteiger partial charge on any atom is -0.399 e. The molecule has 0 amide bonds. The van der Waals surface area contributed by atoms with Crippen molar-refractivity contribution in [2.45, 2.75) is 0 Å². The fourth-order valence-electron chi connectivity index (χ4n) is 0.587. The zero-order chi connectivity index (χ0) is 5.98. The highest BCUT2D eigenvalue weighted by atomic mass is 14.5. The Bertz CT molecular complexity index is 165. The molecule has 1 nitrogen and oxygen atoms in total. The van der Waals surface area contributed by atoms with Gasteiger partial charge in [0.15, 0.2) is 0 Å². The predicted octanol–water partition coefficient (Wildman–Crippen LogP) is -0.473. The average molecular weight is 105 g/mol. The third kappa shape index (κ3) is 0.834. The van der Waals surface area contributed by atoms with Crippen molar-refractivity contribution in [1.29, 1.82) is 0 Å². The molecule has 0 unspecified atom stereocenters. The van der Waals surface area contributed by atoms with Crippen LogP contribution in [0.15, 0.2) is 24.3 Å². The standard InChI is InChI=1S/C6H8BN/c7-5-3-1-2-4-6(5)8/h1-4H,7-8H2. The van der Waals surface area contributed by atoms with Crippen LogP contribution >= 0.6 is 0 Å². The molecule has 0 spiro atoms. The third-order valence-corrected chi connectivity index (χ3v) is 1.19. The second kappa shape index (κ2) is 1.91. The molecule has 0 atom stereocenters. The number of rotatable bonds is 0. The first kappa shape index (κ1) is 5.23. The lowest BCUT2D eigenvalue weighted by molar-refractivity contribution is 1.74. The lowest BCUT2D eigenvalue weighted by Crippen LogP contribution is -2.07. The van der Waals surface area contributed by atoms with Gasteiger partial charge in [0, 0.05) is 5.69 Å². The summed E-state index contributed by atoms with van der Waals surface area (Å²) in [5.41, 5.74) is 7.53. The molecule has 0 aliphatic rings. The monoisotopic (exact) mass is 105 g/mol. The van der Waals surface area contributed by atoms with E-state index in [9.17, 15) is 0 Å². The summed E-state index contributed by atoms with van der Waals surface area (Å²) in [6.07, 6.45) is 0. The molecule has 40 valence electrons. The highest BCUT2D eigenvalue weighted by Crippen LogP contribution is 1.91. The lowest BCUT2D eigenvalue weighted by Gasteiger charge is -1.93. The second-order valence-electron chi connectivity index (χ2n) is 1.86. The Morgan fingerprint density at radius 2 is 1.88 bits per heavy atom. The molecule has 0 aliphatic carbocycles. The van der Waals surface area contributed by atoms with Gasteiger partial charge in [-0.05, 0) is 6.07 Å². The van der Waals surface area contributed by atoms with Crippen molar-refractivity contribution in [2.75, 3.05) is 5.73 Å². The molecule has 0 saturated carbocycles. The van der Waals surface area contributed by atoms with Gasteiger partial charge in [-0.25, -0.2) is 0 Å². The number of nitrogens with two attached hydrogens (primary N) is 1. The van der Waals surface area contributed by atoms with Crippen LogP contribution in [0.2, 0.25) is 0 Å². The quantitative estimate of drug-likeness (QED) is 0.350. The van der Waals surface area contributed by atoms with Crippen molar-refractivity contribution in [2.24, 2.45) is 0 Å². The molecular weight excluding hydrogens is 96.9 g/mol. The Labute approximate surface area is 49.9 Å². The van der Waals surface area contributed by atoms with E-state index in [2.05, 4.69) is 0 Å². The van der Waals surface area contributed by atoms with Crippen molar-refractivity contribution in [3.8, 4) is 0 Å². The molecule has 1 aromatic carbocycles. The molecule has 0 radical (unpaired) electrons. The molecule has 0 bridgehead atoms. The first-order valence-corrected chi connectivity index (χ1v) is 2.62. The number of hydrogen-bond acceptors (Lipinski definition) is 1. The van der Waals surface area contributed by atoms with Gasteiger partial charge in [-0.1, -0.05) is 23.7 Å². The third-order valence-electron chi connectivity index (χ3n) is 1.19. The topological polar surface area (TPSA) is 26.0 Å². The van der Waals surface area contributed by atoms with E-state index in [1.165, 1.54) is 0 Å². The van der Waals surface area contributed by atoms with Crippen molar-refractivity contribution >= 4 is 19.0 Å². The Balaban J connectivity index is 3.13. The molecule has 1 rings (SSSR count). The maximum Gasteiger partial charge on any atom is 0.142 e. The Hall–Kier alpha value is -0.915. The van der Waals surface area contributed by atoms with E-state index in [1.807, 2.05) is 32.1 Å². The van der Waals surface area contributed by atoms with Crippen LogP contribution < -0.4 is 11.2 Å². The highest BCUT2D eigenvalue weighted by Gasteiger charge is 1.84. The summed E-state index contributed by atoms with van der Waals surface area (Å²) in [5.74, 6) is 0. The molecule has 0 saturated heterocycles. The van der Waals surface area contributed by atoms with E-state index in [0.717, 1.165) is 11.2 Å². The SMILES string of the molecule is Bc1ccccc1N. The van der Waals surface area contributed by atoms with E-state index in [1.54, 1.807) is 0 Å². The highest BCUT2D eigenvalue weighted by molar-refractivity contribution is 6.35. The fraction of sp³-hybridized carbons (Fsp3) is 0. The Morgan fingerprint density at radius 1 is 1.25 bits per heavy atom. The predicted molar refractivity (Wildman–Crippen MR) is 39.0 cm³/mol. The van der Waals surface area contributed by atoms with Gasteiger partial charge >= 0.3 is 0 Å². The first-order chi connectivity index (χ1) is 3.80. The summed E-state index contributed by atoms with van der Waals surface area (Å²) in [6.45, 7) is 0. The van der Waals surface area contributed by atoms with Gasteiger partial charge in [0.2, 0.25) is 0 Å². The molecule has 2 N–H and O–H groups in total. The number of para-hydroxylation sites is 1. The van der Waals surface area contributed by atoms with Crippen LogP contribution in [0.1, 0.15) is 0 Å². The van der Waals surface area contributed by atoms with Gasteiger partial charge in [0.05, 0.1) is 0 Å². The summed E-state index contributed by atoms with van der Waals surface area (Å²) < 4.78 is 0. The van der Waals surface area contributed by atoms with Crippen LogP contribution in [-0.4, -0.2) is 7.85 Å². The van der Waals surface area contributed by atoms with Crippen LogP contribution in [0.4, 0.5) is 5.69 Å².